The van der Waals surface area contributed by atoms with Crippen molar-refractivity contribution in [1.82, 2.24) is 15.3 Å². The molecule has 0 spiro atoms. The molecule has 0 saturated heterocycles. The molecule has 1 heterocycles. The van der Waals surface area contributed by atoms with Gasteiger partial charge >= 0.3 is 0 Å². The van der Waals surface area contributed by atoms with Crippen LogP contribution < -0.4 is 10.1 Å². The molecule has 2 aromatic rings. The Labute approximate surface area is 133 Å². The van der Waals surface area contributed by atoms with Crippen molar-refractivity contribution < 1.29 is 13.9 Å². The number of aromatic nitrogens is 2. The van der Waals surface area contributed by atoms with Gasteiger partial charge in [0.05, 0.1) is 13.2 Å². The first-order valence-electron chi connectivity index (χ1n) is 7.52. The summed E-state index contributed by atoms with van der Waals surface area (Å²) >= 11 is 0. The second-order valence-electron chi connectivity index (χ2n) is 5.69. The molecule has 1 N–H and O–H groups in total. The highest BCUT2D eigenvalue weighted by atomic mass is 19.1. The Morgan fingerprint density at radius 2 is 2.17 bits per heavy atom. The van der Waals surface area contributed by atoms with E-state index in [2.05, 4.69) is 15.3 Å². The number of hydrogen-bond acceptors (Lipinski definition) is 4. The average molecular weight is 315 g/mol. The predicted octanol–water partition coefficient (Wildman–Crippen LogP) is 2.81. The van der Waals surface area contributed by atoms with Crippen LogP contribution in [-0.2, 0) is 0 Å². The van der Waals surface area contributed by atoms with Crippen molar-refractivity contribution in [3.63, 3.8) is 0 Å². The van der Waals surface area contributed by atoms with Crippen molar-refractivity contribution in [2.45, 2.75) is 25.8 Å². The summed E-state index contributed by atoms with van der Waals surface area (Å²) in [6, 6.07) is 5.65. The number of nitrogens with zero attached hydrogens (tertiary/aromatic N) is 2. The summed E-state index contributed by atoms with van der Waals surface area (Å²) in [5.74, 6) is 0.237. The van der Waals surface area contributed by atoms with Crippen LogP contribution in [0.3, 0.4) is 0 Å². The van der Waals surface area contributed by atoms with E-state index in [-0.39, 0.29) is 17.7 Å². The minimum Gasteiger partial charge on any atom is -0.494 e. The van der Waals surface area contributed by atoms with Crippen LogP contribution >= 0.6 is 0 Å². The SMILES string of the molecule is COc1cc(C(=O)NC(c2nccc(C)n2)C2CC2)ccc1F. The molecule has 0 bridgehead atoms. The van der Waals surface area contributed by atoms with Crippen LogP contribution in [0, 0.1) is 18.7 Å². The monoisotopic (exact) mass is 315 g/mol. The normalized spacial score (nSPS) is 15.1. The summed E-state index contributed by atoms with van der Waals surface area (Å²) in [6.45, 7) is 1.89. The first kappa shape index (κ1) is 15.4. The fraction of sp³-hybridized carbons (Fsp3) is 0.353. The summed E-state index contributed by atoms with van der Waals surface area (Å²) in [5, 5.41) is 2.97. The number of nitrogens with one attached hydrogen (secondary N) is 1. The Bertz CT molecular complexity index is 732. The number of amides is 1. The number of aryl methyl sites for hydroxylation is 1. The molecule has 1 unspecified atom stereocenters. The third-order valence-electron chi connectivity index (χ3n) is 3.88. The van der Waals surface area contributed by atoms with E-state index in [1.165, 1.54) is 25.3 Å². The first-order chi connectivity index (χ1) is 11.1. The molecular formula is C17H18FN3O2. The van der Waals surface area contributed by atoms with Crippen molar-refractivity contribution in [3.05, 3.63) is 53.4 Å². The maximum atomic E-state index is 13.5. The lowest BCUT2D eigenvalue weighted by molar-refractivity contribution is 0.0929. The third-order valence-corrected chi connectivity index (χ3v) is 3.88. The second kappa shape index (κ2) is 6.32. The highest BCUT2D eigenvalue weighted by Crippen LogP contribution is 2.40. The zero-order valence-electron chi connectivity index (χ0n) is 13.0. The minimum atomic E-state index is -0.496. The molecule has 1 aromatic carbocycles. The highest BCUT2D eigenvalue weighted by molar-refractivity contribution is 5.94. The molecule has 23 heavy (non-hydrogen) atoms. The van der Waals surface area contributed by atoms with Crippen molar-refractivity contribution in [2.75, 3.05) is 7.11 Å². The topological polar surface area (TPSA) is 64.1 Å². The number of ether oxygens (including phenoxy) is 1. The summed E-state index contributed by atoms with van der Waals surface area (Å²) in [5.41, 5.74) is 1.21. The van der Waals surface area contributed by atoms with Crippen molar-refractivity contribution in [1.29, 1.82) is 0 Å². The number of carbonyl (C=O) groups is 1. The number of hydrogen-bond donors (Lipinski definition) is 1. The van der Waals surface area contributed by atoms with E-state index in [4.69, 9.17) is 4.74 Å². The summed E-state index contributed by atoms with van der Waals surface area (Å²) in [7, 11) is 1.37. The van der Waals surface area contributed by atoms with E-state index < -0.39 is 5.82 Å². The molecule has 1 aromatic heterocycles. The van der Waals surface area contributed by atoms with Gasteiger partial charge in [0.2, 0.25) is 0 Å². The van der Waals surface area contributed by atoms with Crippen molar-refractivity contribution >= 4 is 5.91 Å². The van der Waals surface area contributed by atoms with Gasteiger partial charge in [-0.05, 0) is 49.9 Å². The molecule has 3 rings (SSSR count). The summed E-state index contributed by atoms with van der Waals surface area (Å²) in [4.78, 5) is 21.2. The van der Waals surface area contributed by atoms with Crippen LogP contribution in [0.2, 0.25) is 0 Å². The van der Waals surface area contributed by atoms with Gasteiger partial charge in [0.1, 0.15) is 0 Å². The molecule has 120 valence electrons. The highest BCUT2D eigenvalue weighted by Gasteiger charge is 2.35. The van der Waals surface area contributed by atoms with Crippen molar-refractivity contribution in [2.24, 2.45) is 5.92 Å². The van der Waals surface area contributed by atoms with E-state index >= 15 is 0 Å². The maximum absolute atomic E-state index is 13.5. The fourth-order valence-electron chi connectivity index (χ4n) is 2.47. The van der Waals surface area contributed by atoms with Gasteiger partial charge in [-0.25, -0.2) is 14.4 Å². The van der Waals surface area contributed by atoms with Gasteiger partial charge in [-0.1, -0.05) is 0 Å². The molecule has 1 fully saturated rings. The van der Waals surface area contributed by atoms with Crippen LogP contribution in [0.5, 0.6) is 5.75 Å². The number of carbonyl (C=O) groups excluding carboxylic acids is 1. The number of methoxy groups -OCH3 is 1. The Kier molecular flexibility index (Phi) is 4.23. The smallest absolute Gasteiger partial charge is 0.252 e. The molecule has 0 radical (unpaired) electrons. The van der Waals surface area contributed by atoms with Gasteiger partial charge in [0, 0.05) is 17.5 Å². The lowest BCUT2D eigenvalue weighted by Gasteiger charge is -2.17. The average Bonchev–Trinajstić information content (AvgIpc) is 3.37. The summed E-state index contributed by atoms with van der Waals surface area (Å²) < 4.78 is 18.4. The lowest BCUT2D eigenvalue weighted by atomic mass is 10.1. The Hall–Kier alpha value is -2.50. The van der Waals surface area contributed by atoms with Gasteiger partial charge in [0.25, 0.3) is 5.91 Å². The van der Waals surface area contributed by atoms with Gasteiger partial charge in [-0.2, -0.15) is 0 Å². The molecule has 5 nitrogen and oxygen atoms in total. The van der Waals surface area contributed by atoms with Crippen molar-refractivity contribution in [3.8, 4) is 5.75 Å². The lowest BCUT2D eigenvalue weighted by Crippen LogP contribution is -2.31. The zero-order valence-corrected chi connectivity index (χ0v) is 13.0. The maximum Gasteiger partial charge on any atom is 0.252 e. The van der Waals surface area contributed by atoms with Crippen LogP contribution in [0.4, 0.5) is 4.39 Å². The van der Waals surface area contributed by atoms with Crippen LogP contribution in [0.1, 0.15) is 40.8 Å². The Morgan fingerprint density at radius 1 is 1.39 bits per heavy atom. The third kappa shape index (κ3) is 3.47. The fourth-order valence-corrected chi connectivity index (χ4v) is 2.47. The zero-order chi connectivity index (χ0) is 16.4. The number of benzene rings is 1. The molecule has 1 atom stereocenters. The van der Waals surface area contributed by atoms with Gasteiger partial charge in [-0.15, -0.1) is 0 Å². The number of halogens is 1. The van der Waals surface area contributed by atoms with Gasteiger partial charge < -0.3 is 10.1 Å². The van der Waals surface area contributed by atoms with E-state index in [9.17, 15) is 9.18 Å². The molecule has 1 amide bonds. The van der Waals surface area contributed by atoms with E-state index in [0.717, 1.165) is 18.5 Å². The summed E-state index contributed by atoms with van der Waals surface area (Å²) in [6.07, 6.45) is 3.77. The van der Waals surface area contributed by atoms with E-state index in [1.807, 2.05) is 13.0 Å². The quantitative estimate of drug-likeness (QED) is 0.921. The molecule has 0 aliphatic heterocycles. The van der Waals surface area contributed by atoms with E-state index in [1.54, 1.807) is 6.20 Å². The molecule has 1 saturated carbocycles. The first-order valence-corrected chi connectivity index (χ1v) is 7.52. The standard InChI is InChI=1S/C17H18FN3O2/c1-10-7-8-19-16(20-10)15(11-3-4-11)21-17(22)12-5-6-13(18)14(9-12)23-2/h5-9,11,15H,3-4H2,1-2H3,(H,21,22). The van der Waals surface area contributed by atoms with Gasteiger partial charge in [-0.3, -0.25) is 4.79 Å². The largest absolute Gasteiger partial charge is 0.494 e. The second-order valence-corrected chi connectivity index (χ2v) is 5.69. The molecular weight excluding hydrogens is 297 g/mol. The van der Waals surface area contributed by atoms with Crippen LogP contribution in [0.15, 0.2) is 30.5 Å². The molecule has 6 heteroatoms. The van der Waals surface area contributed by atoms with Crippen LogP contribution in [-0.4, -0.2) is 23.0 Å². The minimum absolute atomic E-state index is 0.0485. The number of rotatable bonds is 5. The van der Waals surface area contributed by atoms with E-state index in [0.29, 0.717) is 17.3 Å². The Balaban J connectivity index is 1.82. The van der Waals surface area contributed by atoms with Gasteiger partial charge in [0.15, 0.2) is 17.4 Å². The molecule has 1 aliphatic carbocycles. The Morgan fingerprint density at radius 3 is 2.83 bits per heavy atom. The molecule has 1 aliphatic rings. The predicted molar refractivity (Wildman–Crippen MR) is 82.7 cm³/mol. The van der Waals surface area contributed by atoms with Crippen LogP contribution in [0.25, 0.3) is 0 Å².